The van der Waals surface area contributed by atoms with Crippen LogP contribution in [-0.2, 0) is 6.18 Å². The fourth-order valence-corrected chi connectivity index (χ4v) is 2.21. The molecule has 1 amide bonds. The number of hydrogen-bond donors (Lipinski definition) is 2. The van der Waals surface area contributed by atoms with Crippen LogP contribution in [0.25, 0.3) is 0 Å². The van der Waals surface area contributed by atoms with Crippen molar-refractivity contribution in [2.45, 2.75) is 25.1 Å². The molecule has 1 saturated carbocycles. The van der Waals surface area contributed by atoms with E-state index in [1.807, 2.05) is 0 Å². The Balaban J connectivity index is 2.06. The number of nitrogens with one attached hydrogen (secondary N) is 1. The Bertz CT molecular complexity index is 510. The van der Waals surface area contributed by atoms with Crippen LogP contribution < -0.4 is 11.1 Å². The fourth-order valence-electron chi connectivity index (χ4n) is 2.21. The van der Waals surface area contributed by atoms with Gasteiger partial charge in [-0.3, -0.25) is 4.79 Å². The molecule has 0 heterocycles. The van der Waals surface area contributed by atoms with Crippen LogP contribution in [0.15, 0.2) is 18.2 Å². The molecule has 0 spiro atoms. The van der Waals surface area contributed by atoms with Crippen LogP contribution in [0.2, 0.25) is 0 Å². The second-order valence-electron chi connectivity index (χ2n) is 4.97. The van der Waals surface area contributed by atoms with Crippen LogP contribution in [-0.4, -0.2) is 18.5 Å². The molecule has 0 saturated heterocycles. The quantitative estimate of drug-likeness (QED) is 0.839. The van der Waals surface area contributed by atoms with Crippen molar-refractivity contribution >= 4 is 5.91 Å². The summed E-state index contributed by atoms with van der Waals surface area (Å²) in [4.78, 5) is 11.7. The highest BCUT2D eigenvalue weighted by Gasteiger charge is 2.35. The third kappa shape index (κ3) is 3.09. The summed E-state index contributed by atoms with van der Waals surface area (Å²) >= 11 is 0. The van der Waals surface area contributed by atoms with Gasteiger partial charge in [0.05, 0.1) is 11.1 Å². The van der Waals surface area contributed by atoms with Crippen molar-refractivity contribution in [3.05, 3.63) is 35.1 Å². The lowest BCUT2D eigenvalue weighted by Crippen LogP contribution is -2.42. The first-order valence-electron chi connectivity index (χ1n) is 6.18. The number of halogens is 4. The van der Waals surface area contributed by atoms with E-state index >= 15 is 0 Å². The van der Waals surface area contributed by atoms with Crippen LogP contribution in [0.5, 0.6) is 0 Å². The van der Waals surface area contributed by atoms with Gasteiger partial charge in [-0.1, -0.05) is 6.07 Å². The molecule has 3 N–H and O–H groups in total. The summed E-state index contributed by atoms with van der Waals surface area (Å²) in [6.07, 6.45) is -3.31. The standard InChI is InChI=1S/C13H14F4N2O/c14-11-9(2-1-3-10(11)13(15,16)17)12(20)19-6-7-4-8(18)5-7/h1-3,7-8H,4-6,18H2,(H,19,20). The smallest absolute Gasteiger partial charge is 0.352 e. The zero-order valence-electron chi connectivity index (χ0n) is 10.5. The summed E-state index contributed by atoms with van der Waals surface area (Å²) < 4.78 is 51.3. The molecule has 3 nitrogen and oxygen atoms in total. The zero-order valence-corrected chi connectivity index (χ0v) is 10.5. The monoisotopic (exact) mass is 290 g/mol. The van der Waals surface area contributed by atoms with Gasteiger partial charge in [0.25, 0.3) is 5.91 Å². The molecule has 0 unspecified atom stereocenters. The highest BCUT2D eigenvalue weighted by atomic mass is 19.4. The Morgan fingerprint density at radius 2 is 2.00 bits per heavy atom. The minimum absolute atomic E-state index is 0.113. The molecular weight excluding hydrogens is 276 g/mol. The largest absolute Gasteiger partial charge is 0.419 e. The van der Waals surface area contributed by atoms with E-state index < -0.39 is 29.0 Å². The first kappa shape index (κ1) is 14.8. The molecule has 1 aromatic carbocycles. The molecule has 110 valence electrons. The molecule has 0 radical (unpaired) electrons. The number of hydrogen-bond acceptors (Lipinski definition) is 2. The minimum atomic E-state index is -4.82. The number of benzene rings is 1. The minimum Gasteiger partial charge on any atom is -0.352 e. The summed E-state index contributed by atoms with van der Waals surface area (Å²) in [5, 5.41) is 2.44. The molecule has 2 rings (SSSR count). The highest BCUT2D eigenvalue weighted by Crippen LogP contribution is 2.32. The number of carbonyl (C=O) groups excluding carboxylic acids is 1. The van der Waals surface area contributed by atoms with Crippen molar-refractivity contribution in [1.82, 2.24) is 5.32 Å². The van der Waals surface area contributed by atoms with Crippen LogP contribution >= 0.6 is 0 Å². The van der Waals surface area contributed by atoms with Gasteiger partial charge in [-0.15, -0.1) is 0 Å². The average molecular weight is 290 g/mol. The highest BCUT2D eigenvalue weighted by molar-refractivity contribution is 5.94. The summed E-state index contributed by atoms with van der Waals surface area (Å²) in [6.45, 7) is 0.294. The van der Waals surface area contributed by atoms with E-state index in [9.17, 15) is 22.4 Å². The lowest BCUT2D eigenvalue weighted by atomic mass is 9.81. The van der Waals surface area contributed by atoms with Crippen LogP contribution in [0.4, 0.5) is 17.6 Å². The fraction of sp³-hybridized carbons (Fsp3) is 0.462. The molecule has 1 aliphatic rings. The topological polar surface area (TPSA) is 55.1 Å². The Labute approximate surface area is 113 Å². The summed E-state index contributed by atoms with van der Waals surface area (Å²) in [6, 6.07) is 2.77. The van der Waals surface area contributed by atoms with Crippen molar-refractivity contribution in [3.63, 3.8) is 0 Å². The Hall–Kier alpha value is -1.63. The molecule has 1 aliphatic carbocycles. The van der Waals surface area contributed by atoms with Gasteiger partial charge in [-0.25, -0.2) is 4.39 Å². The Kier molecular flexibility index (Phi) is 3.99. The van der Waals surface area contributed by atoms with Crippen molar-refractivity contribution in [3.8, 4) is 0 Å². The summed E-state index contributed by atoms with van der Waals surface area (Å²) in [5.41, 5.74) is 3.55. The van der Waals surface area contributed by atoms with Gasteiger partial charge in [0.15, 0.2) is 0 Å². The lowest BCUT2D eigenvalue weighted by Gasteiger charge is -2.32. The molecule has 0 atom stereocenters. The number of nitrogens with two attached hydrogens (primary N) is 1. The Morgan fingerprint density at radius 3 is 2.55 bits per heavy atom. The third-order valence-electron chi connectivity index (χ3n) is 3.37. The number of rotatable bonds is 3. The average Bonchev–Trinajstić information content (AvgIpc) is 2.31. The van der Waals surface area contributed by atoms with Gasteiger partial charge in [-0.2, -0.15) is 13.2 Å². The summed E-state index contributed by atoms with van der Waals surface area (Å²) in [7, 11) is 0. The molecule has 20 heavy (non-hydrogen) atoms. The molecule has 7 heteroatoms. The van der Waals surface area contributed by atoms with E-state index in [1.54, 1.807) is 0 Å². The van der Waals surface area contributed by atoms with Gasteiger partial charge in [0, 0.05) is 12.6 Å². The van der Waals surface area contributed by atoms with Gasteiger partial charge in [-0.05, 0) is 30.9 Å². The molecule has 1 aromatic rings. The molecule has 0 aromatic heterocycles. The van der Waals surface area contributed by atoms with Crippen molar-refractivity contribution < 1.29 is 22.4 Å². The van der Waals surface area contributed by atoms with Gasteiger partial charge in [0.1, 0.15) is 5.82 Å². The second-order valence-corrected chi connectivity index (χ2v) is 4.97. The van der Waals surface area contributed by atoms with Crippen molar-refractivity contribution in [2.75, 3.05) is 6.54 Å². The first-order chi connectivity index (χ1) is 9.29. The first-order valence-corrected chi connectivity index (χ1v) is 6.18. The van der Waals surface area contributed by atoms with Crippen LogP contribution in [0.1, 0.15) is 28.8 Å². The molecular formula is C13H14F4N2O. The van der Waals surface area contributed by atoms with Gasteiger partial charge >= 0.3 is 6.18 Å². The van der Waals surface area contributed by atoms with E-state index in [2.05, 4.69) is 5.32 Å². The SMILES string of the molecule is NC1CC(CNC(=O)c2cccc(C(F)(F)F)c2F)C1. The maximum absolute atomic E-state index is 13.7. The maximum Gasteiger partial charge on any atom is 0.419 e. The van der Waals surface area contributed by atoms with E-state index in [0.717, 1.165) is 25.0 Å². The van der Waals surface area contributed by atoms with Crippen molar-refractivity contribution in [1.29, 1.82) is 0 Å². The number of alkyl halides is 3. The molecule has 1 fully saturated rings. The molecule has 0 aliphatic heterocycles. The maximum atomic E-state index is 13.7. The normalized spacial score (nSPS) is 22.2. The zero-order chi connectivity index (χ0) is 14.9. The van der Waals surface area contributed by atoms with Crippen LogP contribution in [0.3, 0.4) is 0 Å². The van der Waals surface area contributed by atoms with Crippen molar-refractivity contribution in [2.24, 2.45) is 11.7 Å². The molecule has 0 bridgehead atoms. The lowest BCUT2D eigenvalue weighted by molar-refractivity contribution is -0.140. The number of carbonyl (C=O) groups is 1. The third-order valence-corrected chi connectivity index (χ3v) is 3.37. The predicted molar refractivity (Wildman–Crippen MR) is 64.4 cm³/mol. The van der Waals surface area contributed by atoms with E-state index in [4.69, 9.17) is 5.73 Å². The number of amides is 1. The van der Waals surface area contributed by atoms with Gasteiger partial charge in [0.2, 0.25) is 0 Å². The van der Waals surface area contributed by atoms with E-state index in [0.29, 0.717) is 12.6 Å². The predicted octanol–water partition coefficient (Wildman–Crippen LogP) is 2.31. The van der Waals surface area contributed by atoms with Crippen LogP contribution in [0, 0.1) is 11.7 Å². The summed E-state index contributed by atoms with van der Waals surface area (Å²) in [5.74, 6) is -2.17. The second kappa shape index (κ2) is 5.40. The van der Waals surface area contributed by atoms with Gasteiger partial charge < -0.3 is 11.1 Å². The Morgan fingerprint density at radius 1 is 1.35 bits per heavy atom. The van der Waals surface area contributed by atoms with E-state index in [-0.39, 0.29) is 12.0 Å². The van der Waals surface area contributed by atoms with E-state index in [1.165, 1.54) is 0 Å².